The topological polar surface area (TPSA) is 27.0 Å². The summed E-state index contributed by atoms with van der Waals surface area (Å²) in [6.07, 6.45) is 0.598. The van der Waals surface area contributed by atoms with Crippen LogP contribution in [0.4, 0.5) is 0 Å². The molecule has 0 saturated carbocycles. The van der Waals surface area contributed by atoms with Gasteiger partial charge in [-0.25, -0.2) is 0 Å². The number of hydrogen-bond acceptors (Lipinski definition) is 2. The zero-order valence-corrected chi connectivity index (χ0v) is 10.7. The van der Waals surface area contributed by atoms with Gasteiger partial charge in [-0.05, 0) is 44.5 Å². The molecule has 0 spiro atoms. The van der Waals surface area contributed by atoms with E-state index in [1.165, 1.54) is 22.3 Å². The first-order chi connectivity index (χ1) is 7.54. The highest BCUT2D eigenvalue weighted by Gasteiger charge is 2.06. The summed E-state index contributed by atoms with van der Waals surface area (Å²) in [4.78, 5) is 2.20. The number of nitrogens with zero attached hydrogens (tertiary/aromatic N) is 2. The molecule has 0 bridgehead atoms. The Bertz CT molecular complexity index is 379. The summed E-state index contributed by atoms with van der Waals surface area (Å²) in [6, 6.07) is 6.63. The van der Waals surface area contributed by atoms with Crippen molar-refractivity contribution < 1.29 is 0 Å². The van der Waals surface area contributed by atoms with Crippen molar-refractivity contribution in [3.63, 3.8) is 0 Å². The average molecular weight is 216 g/mol. The zero-order chi connectivity index (χ0) is 12.1. The fourth-order valence-corrected chi connectivity index (χ4v) is 2.05. The molecule has 0 aliphatic heterocycles. The van der Waals surface area contributed by atoms with Crippen LogP contribution in [0.25, 0.3) is 0 Å². The molecule has 1 aromatic rings. The maximum Gasteiger partial charge on any atom is 0.0635 e. The summed E-state index contributed by atoms with van der Waals surface area (Å²) < 4.78 is 0. The van der Waals surface area contributed by atoms with E-state index in [0.29, 0.717) is 6.42 Å². The van der Waals surface area contributed by atoms with Gasteiger partial charge in [0.15, 0.2) is 0 Å². The number of aryl methyl sites for hydroxylation is 3. The Labute approximate surface area is 98.5 Å². The maximum atomic E-state index is 8.55. The van der Waals surface area contributed by atoms with E-state index in [0.717, 1.165) is 13.1 Å². The van der Waals surface area contributed by atoms with E-state index in [9.17, 15) is 0 Å². The molecule has 0 radical (unpaired) electrons. The van der Waals surface area contributed by atoms with Crippen LogP contribution in [0, 0.1) is 32.1 Å². The third-order valence-electron chi connectivity index (χ3n) is 2.87. The first kappa shape index (κ1) is 12.7. The molecule has 2 heteroatoms. The van der Waals surface area contributed by atoms with Gasteiger partial charge in [-0.3, -0.25) is 0 Å². The van der Waals surface area contributed by atoms with Crippen LogP contribution < -0.4 is 0 Å². The average Bonchev–Trinajstić information content (AvgIpc) is 2.20. The van der Waals surface area contributed by atoms with Crippen LogP contribution in [-0.4, -0.2) is 18.5 Å². The summed E-state index contributed by atoms with van der Waals surface area (Å²) in [5.41, 5.74) is 5.41. The van der Waals surface area contributed by atoms with Gasteiger partial charge in [0.05, 0.1) is 6.07 Å². The van der Waals surface area contributed by atoms with Crippen LogP contribution in [0.1, 0.15) is 28.7 Å². The quantitative estimate of drug-likeness (QED) is 0.773. The smallest absolute Gasteiger partial charge is 0.0635 e. The molecule has 86 valence electrons. The van der Waals surface area contributed by atoms with Crippen LogP contribution in [-0.2, 0) is 6.54 Å². The van der Waals surface area contributed by atoms with Crippen molar-refractivity contribution in [2.75, 3.05) is 13.6 Å². The minimum atomic E-state index is 0.598. The molecule has 0 atom stereocenters. The van der Waals surface area contributed by atoms with E-state index < -0.39 is 0 Å². The van der Waals surface area contributed by atoms with Crippen LogP contribution in [0.5, 0.6) is 0 Å². The fraction of sp³-hybridized carbons (Fsp3) is 0.500. The van der Waals surface area contributed by atoms with E-state index in [1.54, 1.807) is 0 Å². The lowest BCUT2D eigenvalue weighted by Gasteiger charge is -2.19. The van der Waals surface area contributed by atoms with Crippen molar-refractivity contribution >= 4 is 0 Å². The Morgan fingerprint density at radius 2 is 1.75 bits per heavy atom. The third kappa shape index (κ3) is 3.36. The van der Waals surface area contributed by atoms with Gasteiger partial charge in [0.25, 0.3) is 0 Å². The van der Waals surface area contributed by atoms with Crippen molar-refractivity contribution in [2.24, 2.45) is 0 Å². The number of benzene rings is 1. The summed E-state index contributed by atoms with van der Waals surface area (Å²) in [5, 5.41) is 8.55. The lowest BCUT2D eigenvalue weighted by Crippen LogP contribution is -2.20. The number of nitriles is 1. The van der Waals surface area contributed by atoms with Crippen LogP contribution in [0.2, 0.25) is 0 Å². The molecule has 0 aliphatic rings. The third-order valence-corrected chi connectivity index (χ3v) is 2.87. The maximum absolute atomic E-state index is 8.55. The van der Waals surface area contributed by atoms with Gasteiger partial charge in [0, 0.05) is 19.5 Å². The second-order valence-corrected chi connectivity index (χ2v) is 4.52. The molecule has 1 aromatic carbocycles. The van der Waals surface area contributed by atoms with Gasteiger partial charge in [0.2, 0.25) is 0 Å². The molecule has 0 aliphatic carbocycles. The van der Waals surface area contributed by atoms with Crippen LogP contribution in [0.3, 0.4) is 0 Å². The molecule has 1 rings (SSSR count). The van der Waals surface area contributed by atoms with Crippen LogP contribution in [0.15, 0.2) is 12.1 Å². The largest absolute Gasteiger partial charge is 0.301 e. The van der Waals surface area contributed by atoms with Crippen molar-refractivity contribution in [2.45, 2.75) is 33.7 Å². The normalized spacial score (nSPS) is 10.5. The van der Waals surface area contributed by atoms with Crippen molar-refractivity contribution in [1.82, 2.24) is 4.90 Å². The molecule has 0 fully saturated rings. The molecule has 16 heavy (non-hydrogen) atoms. The van der Waals surface area contributed by atoms with E-state index >= 15 is 0 Å². The van der Waals surface area contributed by atoms with E-state index in [4.69, 9.17) is 5.26 Å². The minimum Gasteiger partial charge on any atom is -0.301 e. The molecule has 0 aromatic heterocycles. The Morgan fingerprint density at radius 1 is 1.19 bits per heavy atom. The fourth-order valence-electron chi connectivity index (χ4n) is 2.05. The van der Waals surface area contributed by atoms with Gasteiger partial charge >= 0.3 is 0 Å². The molecular weight excluding hydrogens is 196 g/mol. The highest BCUT2D eigenvalue weighted by Crippen LogP contribution is 2.17. The van der Waals surface area contributed by atoms with Gasteiger partial charge in [0.1, 0.15) is 0 Å². The monoisotopic (exact) mass is 216 g/mol. The number of rotatable bonds is 4. The molecule has 0 unspecified atom stereocenters. The van der Waals surface area contributed by atoms with E-state index in [2.05, 4.69) is 50.9 Å². The van der Waals surface area contributed by atoms with Crippen molar-refractivity contribution in [3.05, 3.63) is 34.4 Å². The van der Waals surface area contributed by atoms with Gasteiger partial charge < -0.3 is 4.90 Å². The van der Waals surface area contributed by atoms with E-state index in [1.807, 2.05) is 0 Å². The minimum absolute atomic E-state index is 0.598. The van der Waals surface area contributed by atoms with Crippen molar-refractivity contribution in [1.29, 1.82) is 5.26 Å². The Balaban J connectivity index is 2.78. The van der Waals surface area contributed by atoms with Gasteiger partial charge in [-0.2, -0.15) is 5.26 Å². The first-order valence-corrected chi connectivity index (χ1v) is 5.67. The molecule has 2 nitrogen and oxygen atoms in total. The van der Waals surface area contributed by atoms with Gasteiger partial charge in [-0.1, -0.05) is 17.7 Å². The lowest BCUT2D eigenvalue weighted by atomic mass is 9.99. The van der Waals surface area contributed by atoms with E-state index in [-0.39, 0.29) is 0 Å². The van der Waals surface area contributed by atoms with Gasteiger partial charge in [-0.15, -0.1) is 0 Å². The Kier molecular flexibility index (Phi) is 4.52. The summed E-state index contributed by atoms with van der Waals surface area (Å²) in [6.45, 7) is 8.22. The number of hydrogen-bond donors (Lipinski definition) is 0. The summed E-state index contributed by atoms with van der Waals surface area (Å²) >= 11 is 0. The standard InChI is InChI=1S/C14H20N2/c1-11-8-12(2)14(13(3)9-11)10-16(4)7-5-6-15/h8-9H,5,7,10H2,1-4H3. The second kappa shape index (κ2) is 5.67. The zero-order valence-electron chi connectivity index (χ0n) is 10.7. The Morgan fingerprint density at radius 3 is 2.25 bits per heavy atom. The molecule has 0 amide bonds. The SMILES string of the molecule is Cc1cc(C)c(CN(C)CCC#N)c(C)c1. The highest BCUT2D eigenvalue weighted by atomic mass is 15.1. The predicted molar refractivity (Wildman–Crippen MR) is 67.2 cm³/mol. The molecule has 0 N–H and O–H groups in total. The Hall–Kier alpha value is -1.33. The molecular formula is C14H20N2. The second-order valence-electron chi connectivity index (χ2n) is 4.52. The first-order valence-electron chi connectivity index (χ1n) is 5.67. The summed E-state index contributed by atoms with van der Waals surface area (Å²) in [7, 11) is 2.07. The lowest BCUT2D eigenvalue weighted by molar-refractivity contribution is 0.333. The molecule has 0 saturated heterocycles. The van der Waals surface area contributed by atoms with Crippen molar-refractivity contribution in [3.8, 4) is 6.07 Å². The van der Waals surface area contributed by atoms with Crippen LogP contribution >= 0.6 is 0 Å². The predicted octanol–water partition coefficient (Wildman–Crippen LogP) is 2.96. The molecule has 0 heterocycles. The summed E-state index contributed by atoms with van der Waals surface area (Å²) in [5.74, 6) is 0. The highest BCUT2D eigenvalue weighted by molar-refractivity contribution is 5.37.